The Morgan fingerprint density at radius 3 is 0.750 bits per heavy atom. The van der Waals surface area contributed by atoms with Crippen molar-refractivity contribution in [3.8, 4) is 67.9 Å². The third-order valence-corrected chi connectivity index (χ3v) is 14.5. The fourth-order valence-electron chi connectivity index (χ4n) is 10.8. The molecule has 10 aromatic rings. The quantitative estimate of drug-likeness (QED) is 0.0291. The van der Waals surface area contributed by atoms with Crippen molar-refractivity contribution >= 4 is 64.6 Å². The first-order chi connectivity index (χ1) is 35.6. The summed E-state index contributed by atoms with van der Waals surface area (Å²) in [4.78, 5) is 0. The number of hydrogen-bond acceptors (Lipinski definition) is 6. The highest BCUT2D eigenvalue weighted by atomic mass is 16.5. The highest BCUT2D eigenvalue weighted by Gasteiger charge is 2.36. The molecule has 0 unspecified atom stereocenters. The van der Waals surface area contributed by atoms with E-state index in [2.05, 4.69) is 151 Å². The molecule has 0 heterocycles. The van der Waals surface area contributed by atoms with Crippen LogP contribution in [-0.4, -0.2) is 39.6 Å². The van der Waals surface area contributed by atoms with Crippen molar-refractivity contribution < 1.29 is 28.4 Å². The Hall–Kier alpha value is -6.66. The molecule has 372 valence electrons. The molecule has 0 spiro atoms. The zero-order valence-corrected chi connectivity index (χ0v) is 43.6. The third kappa shape index (κ3) is 8.79. The Kier molecular flexibility index (Phi) is 15.2. The third-order valence-electron chi connectivity index (χ3n) is 14.5. The van der Waals surface area contributed by atoms with E-state index in [0.29, 0.717) is 39.6 Å². The van der Waals surface area contributed by atoms with Gasteiger partial charge >= 0.3 is 0 Å². The summed E-state index contributed by atoms with van der Waals surface area (Å²) in [6, 6.07) is 39.7. The first kappa shape index (κ1) is 48.9. The lowest BCUT2D eigenvalue weighted by Gasteiger charge is -2.31. The molecule has 72 heavy (non-hydrogen) atoms. The minimum Gasteiger partial charge on any atom is -0.489 e. The van der Waals surface area contributed by atoms with Crippen LogP contribution in [0.2, 0.25) is 0 Å². The molecule has 10 aromatic carbocycles. The van der Waals surface area contributed by atoms with Crippen LogP contribution in [0, 0.1) is 0 Å². The second-order valence-corrected chi connectivity index (χ2v) is 19.6. The topological polar surface area (TPSA) is 55.4 Å². The van der Waals surface area contributed by atoms with Gasteiger partial charge in [0.2, 0.25) is 0 Å². The average molecular weight is 961 g/mol. The van der Waals surface area contributed by atoms with Crippen molar-refractivity contribution in [3.63, 3.8) is 0 Å². The molecule has 6 heteroatoms. The van der Waals surface area contributed by atoms with Gasteiger partial charge in [0, 0.05) is 64.6 Å². The van der Waals surface area contributed by atoms with Gasteiger partial charge in [-0.3, -0.25) is 0 Å². The summed E-state index contributed by atoms with van der Waals surface area (Å²) in [6.45, 7) is 16.7. The van der Waals surface area contributed by atoms with Crippen molar-refractivity contribution in [2.24, 2.45) is 0 Å². The van der Waals surface area contributed by atoms with Gasteiger partial charge in [0.25, 0.3) is 0 Å². The van der Waals surface area contributed by atoms with Gasteiger partial charge in [-0.25, -0.2) is 0 Å². The molecule has 0 aromatic heterocycles. The van der Waals surface area contributed by atoms with Crippen LogP contribution in [0.1, 0.15) is 119 Å². The maximum Gasteiger partial charge on any atom is 0.170 e. The first-order valence-electron chi connectivity index (χ1n) is 27.4. The van der Waals surface area contributed by atoms with Crippen LogP contribution in [-0.2, 0) is 0 Å². The second-order valence-electron chi connectivity index (χ2n) is 19.6. The number of rotatable bonds is 27. The van der Waals surface area contributed by atoms with Crippen LogP contribution in [0.4, 0.5) is 0 Å². The zero-order chi connectivity index (χ0) is 49.6. The first-order valence-corrected chi connectivity index (χ1v) is 27.4. The smallest absolute Gasteiger partial charge is 0.170 e. The zero-order valence-electron chi connectivity index (χ0n) is 43.6. The van der Waals surface area contributed by atoms with Crippen LogP contribution >= 0.6 is 0 Å². The maximum absolute atomic E-state index is 7.34. The molecule has 0 radical (unpaired) electrons. The van der Waals surface area contributed by atoms with Gasteiger partial charge in [0.1, 0.15) is 0 Å². The molecule has 0 saturated heterocycles. The monoisotopic (exact) mass is 961 g/mol. The molecule has 0 aliphatic rings. The summed E-state index contributed by atoms with van der Waals surface area (Å²) >= 11 is 0. The molecule has 10 rings (SSSR count). The normalized spacial score (nSPS) is 11.9. The van der Waals surface area contributed by atoms with Crippen molar-refractivity contribution in [1.29, 1.82) is 0 Å². The van der Waals surface area contributed by atoms with Crippen LogP contribution in [0.25, 0.3) is 98.0 Å². The van der Waals surface area contributed by atoms with E-state index in [4.69, 9.17) is 28.4 Å². The predicted molar refractivity (Wildman–Crippen MR) is 304 cm³/mol. The van der Waals surface area contributed by atoms with Gasteiger partial charge in [-0.05, 0) is 90.1 Å². The van der Waals surface area contributed by atoms with Crippen molar-refractivity contribution in [1.82, 2.24) is 0 Å². The molecule has 0 N–H and O–H groups in total. The summed E-state index contributed by atoms with van der Waals surface area (Å²) in [5.74, 6) is 4.77. The molecule has 0 saturated carbocycles. The van der Waals surface area contributed by atoms with Crippen molar-refractivity contribution in [2.45, 2.75) is 119 Å². The van der Waals surface area contributed by atoms with E-state index < -0.39 is 0 Å². The van der Waals surface area contributed by atoms with Gasteiger partial charge in [-0.2, -0.15) is 0 Å². The Balaban J connectivity index is 1.57. The van der Waals surface area contributed by atoms with Gasteiger partial charge in [0.15, 0.2) is 34.5 Å². The van der Waals surface area contributed by atoms with Crippen molar-refractivity contribution in [3.05, 3.63) is 109 Å². The molecular formula is C66H72O6. The highest BCUT2D eigenvalue weighted by molar-refractivity contribution is 6.50. The average Bonchev–Trinajstić information content (AvgIpc) is 3.42. The predicted octanol–water partition coefficient (Wildman–Crippen LogP) is 19.0. The molecule has 0 aliphatic carbocycles. The molecule has 0 amide bonds. The Bertz CT molecular complexity index is 3360. The van der Waals surface area contributed by atoms with E-state index in [1.54, 1.807) is 0 Å². The standard InChI is InChI=1S/C66H72O6/c1-7-13-34-67-61-49-40-46(43-28-22-19-23-29-43)55-58-52(49)53-50(62(61)68-35-14-8-2)41-47(44-30-24-20-25-31-44)56-59(53)60-54(58)51(63(69-36-15-9-3)64(55)70-37-16-10-4)42-48(45-32-26-21-27-33-45)57(60)66(72-39-18-12-6)65(56)71-38-17-11-5/h19-33,40-42H,7-18,34-39H2,1-6H3. The Morgan fingerprint density at radius 1 is 0.250 bits per heavy atom. The van der Waals surface area contributed by atoms with Gasteiger partial charge in [0.05, 0.1) is 39.6 Å². The van der Waals surface area contributed by atoms with Crippen LogP contribution in [0.15, 0.2) is 109 Å². The van der Waals surface area contributed by atoms with E-state index in [1.165, 1.54) is 0 Å². The Labute approximate surface area is 426 Å². The number of ether oxygens (including phenoxy) is 6. The lowest BCUT2D eigenvalue weighted by atomic mass is 9.77. The van der Waals surface area contributed by atoms with Gasteiger partial charge < -0.3 is 28.4 Å². The van der Waals surface area contributed by atoms with Gasteiger partial charge in [-0.1, -0.05) is 171 Å². The van der Waals surface area contributed by atoms with E-state index in [1.807, 2.05) is 0 Å². The van der Waals surface area contributed by atoms with E-state index in [0.717, 1.165) is 210 Å². The Morgan fingerprint density at radius 2 is 0.472 bits per heavy atom. The summed E-state index contributed by atoms with van der Waals surface area (Å²) in [7, 11) is 0. The van der Waals surface area contributed by atoms with E-state index in [9.17, 15) is 0 Å². The van der Waals surface area contributed by atoms with Crippen LogP contribution < -0.4 is 28.4 Å². The summed E-state index contributed by atoms with van der Waals surface area (Å²) in [6.07, 6.45) is 11.5. The van der Waals surface area contributed by atoms with Crippen LogP contribution in [0.5, 0.6) is 34.5 Å². The fraction of sp³-hybridized carbons (Fsp3) is 0.364. The van der Waals surface area contributed by atoms with Gasteiger partial charge in [-0.15, -0.1) is 0 Å². The van der Waals surface area contributed by atoms with Crippen LogP contribution in [0.3, 0.4) is 0 Å². The number of unbranched alkanes of at least 4 members (excludes halogenated alkanes) is 6. The molecule has 0 aliphatic heterocycles. The lowest BCUT2D eigenvalue weighted by Crippen LogP contribution is -2.09. The largest absolute Gasteiger partial charge is 0.489 e. The highest BCUT2D eigenvalue weighted by Crippen LogP contribution is 2.64. The minimum absolute atomic E-state index is 0.555. The molecule has 0 atom stereocenters. The van der Waals surface area contributed by atoms with E-state index >= 15 is 0 Å². The minimum atomic E-state index is 0.555. The van der Waals surface area contributed by atoms with E-state index in [-0.39, 0.29) is 0 Å². The molecule has 0 fully saturated rings. The molecule has 6 nitrogen and oxygen atoms in total. The molecular weight excluding hydrogens is 889 g/mol. The second kappa shape index (κ2) is 22.4. The number of hydrogen-bond donors (Lipinski definition) is 0. The maximum atomic E-state index is 7.34. The van der Waals surface area contributed by atoms with Crippen molar-refractivity contribution in [2.75, 3.05) is 39.6 Å². The number of benzene rings is 10. The summed E-state index contributed by atoms with van der Waals surface area (Å²) < 4.78 is 43.7. The lowest BCUT2D eigenvalue weighted by molar-refractivity contribution is 0.267. The summed E-state index contributed by atoms with van der Waals surface area (Å²) in [5, 5.41) is 13.1. The molecule has 0 bridgehead atoms. The summed E-state index contributed by atoms with van der Waals surface area (Å²) in [5.41, 5.74) is 6.51. The SMILES string of the molecule is CCCCOc1c(OCCCC)c2cc(-c3ccccc3)c3c(OCCCC)c(OCCCC)c4c(-c5ccccc5)cc5c(OCCCC)c(OCCCC)c6c(-c7ccccc7)cc1c1c2c3c4c5c61. The fourth-order valence-corrected chi connectivity index (χ4v) is 10.8.